The van der Waals surface area contributed by atoms with Gasteiger partial charge in [-0.05, 0) is 44.3 Å². The van der Waals surface area contributed by atoms with E-state index in [1.807, 2.05) is 26.8 Å². The molecule has 0 aromatic rings. The van der Waals surface area contributed by atoms with E-state index in [1.165, 1.54) is 0 Å². The lowest BCUT2D eigenvalue weighted by Crippen LogP contribution is -2.44. The quantitative estimate of drug-likeness (QED) is 0.739. The average Bonchev–Trinajstić information content (AvgIpc) is 2.38. The maximum atomic E-state index is 11.7. The van der Waals surface area contributed by atoms with Crippen LogP contribution in [0.3, 0.4) is 0 Å². The number of aliphatic hydroxyl groups excluding tert-OH is 1. The van der Waals surface area contributed by atoms with Crippen LogP contribution in [0.2, 0.25) is 0 Å². The summed E-state index contributed by atoms with van der Waals surface area (Å²) in [7, 11) is 0. The van der Waals surface area contributed by atoms with Crippen molar-refractivity contribution in [2.75, 3.05) is 0 Å². The number of aliphatic hydroxyl groups is 1. The van der Waals surface area contributed by atoms with Crippen LogP contribution in [0.1, 0.15) is 47.0 Å². The monoisotopic (exact) mass is 289 g/mol. The van der Waals surface area contributed by atoms with E-state index in [-0.39, 0.29) is 17.1 Å². The minimum atomic E-state index is -0.670. The first-order valence-corrected chi connectivity index (χ1v) is 7.52. The second kappa shape index (κ2) is 6.60. The molecule has 0 radical (unpaired) electrons. The Morgan fingerprint density at radius 2 is 2.10 bits per heavy atom. The van der Waals surface area contributed by atoms with Gasteiger partial charge in [0.2, 0.25) is 0 Å². The van der Waals surface area contributed by atoms with E-state index in [0.717, 1.165) is 5.57 Å². The molecule has 1 aliphatic carbocycles. The summed E-state index contributed by atoms with van der Waals surface area (Å²) in [6.45, 7) is 7.82. The zero-order valence-corrected chi connectivity index (χ0v) is 13.5. The second-order valence-electron chi connectivity index (χ2n) is 6.72. The van der Waals surface area contributed by atoms with Crippen molar-refractivity contribution in [1.29, 1.82) is 0 Å². The van der Waals surface area contributed by atoms with Crippen LogP contribution in [0.25, 0.3) is 0 Å². The Morgan fingerprint density at radius 3 is 2.57 bits per heavy atom. The molecule has 0 aromatic heterocycles. The summed E-state index contributed by atoms with van der Waals surface area (Å²) in [5.74, 6) is 2.85. The molecule has 0 aliphatic heterocycles. The third kappa shape index (κ3) is 4.30. The highest BCUT2D eigenvalue weighted by Crippen LogP contribution is 2.40. The van der Waals surface area contributed by atoms with E-state index < -0.39 is 11.6 Å². The number of nitrogens with two attached hydrogens (primary N) is 1. The maximum Gasteiger partial charge on any atom is 0.178 e. The van der Waals surface area contributed by atoms with E-state index in [0.29, 0.717) is 19.3 Å². The lowest BCUT2D eigenvalue weighted by atomic mass is 9.71. The van der Waals surface area contributed by atoms with Crippen LogP contribution < -0.4 is 5.73 Å². The molecule has 3 heteroatoms. The Morgan fingerprint density at radius 1 is 1.48 bits per heavy atom. The van der Waals surface area contributed by atoms with Gasteiger partial charge in [0, 0.05) is 5.41 Å². The van der Waals surface area contributed by atoms with Crippen molar-refractivity contribution in [3.63, 3.8) is 0 Å². The highest BCUT2D eigenvalue weighted by atomic mass is 16.3. The van der Waals surface area contributed by atoms with Gasteiger partial charge >= 0.3 is 0 Å². The molecule has 0 saturated heterocycles. The van der Waals surface area contributed by atoms with Gasteiger partial charge in [0.1, 0.15) is 0 Å². The largest absolute Gasteiger partial charge is 0.393 e. The highest BCUT2D eigenvalue weighted by Gasteiger charge is 2.33. The van der Waals surface area contributed by atoms with Crippen molar-refractivity contribution in [1.82, 2.24) is 0 Å². The van der Waals surface area contributed by atoms with Crippen molar-refractivity contribution < 1.29 is 9.90 Å². The van der Waals surface area contributed by atoms with Crippen LogP contribution in [-0.2, 0) is 4.79 Å². The number of allylic oxidation sites excluding steroid dienone is 4. The Balaban J connectivity index is 2.93. The molecule has 0 bridgehead atoms. The minimum absolute atomic E-state index is 0.0130. The molecule has 21 heavy (non-hydrogen) atoms. The van der Waals surface area contributed by atoms with Crippen molar-refractivity contribution in [3.8, 4) is 12.3 Å². The lowest BCUT2D eigenvalue weighted by molar-refractivity contribution is -0.110. The SMILES string of the molecule is C#CC(N)(CCC1=CC(=O)C=CC1(C)CC(C)O)C(C)C. The fourth-order valence-electron chi connectivity index (χ4n) is 2.80. The second-order valence-corrected chi connectivity index (χ2v) is 6.72. The number of carbonyl (C=O) groups excluding carboxylic acids is 1. The molecule has 1 aliphatic rings. The number of rotatable bonds is 6. The van der Waals surface area contributed by atoms with Crippen LogP contribution >= 0.6 is 0 Å². The van der Waals surface area contributed by atoms with Crippen LogP contribution in [0.5, 0.6) is 0 Å². The summed E-state index contributed by atoms with van der Waals surface area (Å²) < 4.78 is 0. The molecule has 0 saturated carbocycles. The predicted octanol–water partition coefficient (Wildman–Crippen LogP) is 2.60. The van der Waals surface area contributed by atoms with Crippen molar-refractivity contribution in [2.24, 2.45) is 17.1 Å². The molecule has 0 spiro atoms. The predicted molar refractivity (Wildman–Crippen MR) is 86.5 cm³/mol. The van der Waals surface area contributed by atoms with Crippen LogP contribution in [0.4, 0.5) is 0 Å². The third-order valence-electron chi connectivity index (χ3n) is 4.49. The zero-order valence-electron chi connectivity index (χ0n) is 13.5. The van der Waals surface area contributed by atoms with Gasteiger partial charge in [0.25, 0.3) is 0 Å². The minimum Gasteiger partial charge on any atom is -0.393 e. The van der Waals surface area contributed by atoms with Crippen molar-refractivity contribution in [2.45, 2.75) is 58.6 Å². The van der Waals surface area contributed by atoms with E-state index in [4.69, 9.17) is 12.2 Å². The molecule has 3 unspecified atom stereocenters. The molecule has 0 amide bonds. The summed E-state index contributed by atoms with van der Waals surface area (Å²) in [6.07, 6.45) is 12.2. The first-order valence-electron chi connectivity index (χ1n) is 7.52. The van der Waals surface area contributed by atoms with Crippen molar-refractivity contribution in [3.05, 3.63) is 23.8 Å². The lowest BCUT2D eigenvalue weighted by Gasteiger charge is -2.35. The van der Waals surface area contributed by atoms with Gasteiger partial charge in [-0.15, -0.1) is 6.42 Å². The molecule has 3 nitrogen and oxygen atoms in total. The molecule has 0 aromatic carbocycles. The molecular formula is C18H27NO2. The van der Waals surface area contributed by atoms with E-state index >= 15 is 0 Å². The van der Waals surface area contributed by atoms with Crippen LogP contribution in [0.15, 0.2) is 23.8 Å². The molecule has 3 atom stereocenters. The summed E-state index contributed by atoms with van der Waals surface area (Å²) in [5, 5.41) is 9.71. The Hall–Kier alpha value is -1.37. The Bertz CT molecular complexity index is 496. The number of carbonyl (C=O) groups is 1. The number of ketones is 1. The number of terminal acetylenes is 1. The number of hydrogen-bond acceptors (Lipinski definition) is 3. The molecular weight excluding hydrogens is 262 g/mol. The van der Waals surface area contributed by atoms with E-state index in [9.17, 15) is 9.90 Å². The summed E-state index contributed by atoms with van der Waals surface area (Å²) in [4.78, 5) is 11.7. The van der Waals surface area contributed by atoms with Gasteiger partial charge in [0.15, 0.2) is 5.78 Å². The highest BCUT2D eigenvalue weighted by molar-refractivity contribution is 6.01. The van der Waals surface area contributed by atoms with Gasteiger partial charge in [-0.3, -0.25) is 4.79 Å². The normalized spacial score (nSPS) is 26.2. The zero-order chi connectivity index (χ0) is 16.3. The molecule has 0 heterocycles. The van der Waals surface area contributed by atoms with Gasteiger partial charge < -0.3 is 10.8 Å². The van der Waals surface area contributed by atoms with Crippen LogP contribution in [-0.4, -0.2) is 22.5 Å². The third-order valence-corrected chi connectivity index (χ3v) is 4.49. The van der Waals surface area contributed by atoms with Gasteiger partial charge in [-0.2, -0.15) is 0 Å². The summed E-state index contributed by atoms with van der Waals surface area (Å²) >= 11 is 0. The van der Waals surface area contributed by atoms with Gasteiger partial charge in [-0.1, -0.05) is 38.3 Å². The van der Waals surface area contributed by atoms with Crippen LogP contribution in [0, 0.1) is 23.7 Å². The standard InChI is InChI=1S/C18H27NO2/c1-6-18(19,13(2)3)10-7-15-11-16(21)8-9-17(15,5)12-14(4)20/h1,8-9,11,13-14,20H,7,10,12,19H2,2-5H3. The Kier molecular flexibility index (Phi) is 5.55. The molecule has 1 rings (SSSR count). The van der Waals surface area contributed by atoms with Gasteiger partial charge in [0.05, 0.1) is 11.6 Å². The topological polar surface area (TPSA) is 63.3 Å². The average molecular weight is 289 g/mol. The number of hydrogen-bond donors (Lipinski definition) is 2. The molecule has 3 N–H and O–H groups in total. The van der Waals surface area contributed by atoms with Gasteiger partial charge in [-0.25, -0.2) is 0 Å². The molecule has 116 valence electrons. The fourth-order valence-corrected chi connectivity index (χ4v) is 2.80. The maximum absolute atomic E-state index is 11.7. The summed E-state index contributed by atoms with van der Waals surface area (Å²) in [6, 6.07) is 0. The Labute approximate surface area is 128 Å². The first-order chi connectivity index (χ1) is 9.63. The van der Waals surface area contributed by atoms with E-state index in [1.54, 1.807) is 19.1 Å². The van der Waals surface area contributed by atoms with E-state index in [2.05, 4.69) is 5.92 Å². The fraction of sp³-hybridized carbons (Fsp3) is 0.611. The van der Waals surface area contributed by atoms with Crippen molar-refractivity contribution >= 4 is 5.78 Å². The molecule has 0 fully saturated rings. The first kappa shape index (κ1) is 17.7. The smallest absolute Gasteiger partial charge is 0.178 e. The summed E-state index contributed by atoms with van der Waals surface area (Å²) in [5.41, 5.74) is 6.29.